The lowest BCUT2D eigenvalue weighted by Crippen LogP contribution is -2.47. The number of hydrogen-bond acceptors (Lipinski definition) is 7. The minimum atomic E-state index is -3.73. The molecule has 0 N–H and O–H groups in total. The van der Waals surface area contributed by atoms with E-state index in [-0.39, 0.29) is 16.7 Å². The van der Waals surface area contributed by atoms with Crippen molar-refractivity contribution in [2.45, 2.75) is 29.6 Å². The molecule has 32 heavy (non-hydrogen) atoms. The van der Waals surface area contributed by atoms with E-state index < -0.39 is 16.1 Å². The number of sulfonamides is 1. The quantitative estimate of drug-likeness (QED) is 0.411. The van der Waals surface area contributed by atoms with Crippen LogP contribution in [0.2, 0.25) is 0 Å². The Morgan fingerprint density at radius 2 is 1.97 bits per heavy atom. The number of carbonyl (C=O) groups is 1. The minimum absolute atomic E-state index is 0.225. The molecule has 0 spiro atoms. The van der Waals surface area contributed by atoms with E-state index in [0.29, 0.717) is 30.2 Å². The fraction of sp³-hybridized carbons (Fsp3) is 0.227. The summed E-state index contributed by atoms with van der Waals surface area (Å²) < 4.78 is 29.0. The standard InChI is InChI=1S/C22H20N4O3S3/c27-21(18-9-5-13-26(18)32(28,29)20-11-6-14-30-20)25(15-16-7-3-4-12-23-16)22-24-17-8-1-2-10-19(17)31-22/h1-4,6-8,10-12,14,18H,5,9,13,15H2. The Morgan fingerprint density at radius 3 is 2.72 bits per heavy atom. The fourth-order valence-electron chi connectivity index (χ4n) is 3.85. The van der Waals surface area contributed by atoms with Crippen LogP contribution in [0.1, 0.15) is 18.5 Å². The molecule has 7 nitrogen and oxygen atoms in total. The molecular weight excluding hydrogens is 464 g/mol. The summed E-state index contributed by atoms with van der Waals surface area (Å²) in [6.45, 7) is 0.552. The normalized spacial score (nSPS) is 17.1. The summed E-state index contributed by atoms with van der Waals surface area (Å²) in [4.78, 5) is 24.4. The van der Waals surface area contributed by atoms with E-state index >= 15 is 0 Å². The van der Waals surface area contributed by atoms with Crippen LogP contribution in [-0.2, 0) is 21.4 Å². The SMILES string of the molecule is O=C(C1CCCN1S(=O)(=O)c1cccs1)N(Cc1ccccn1)c1nc2ccccc2s1. The van der Waals surface area contributed by atoms with E-state index in [1.165, 1.54) is 27.0 Å². The van der Waals surface area contributed by atoms with Gasteiger partial charge in [-0.25, -0.2) is 13.4 Å². The number of pyridine rings is 1. The number of fused-ring (bicyclic) bond motifs is 1. The number of aromatic nitrogens is 2. The monoisotopic (exact) mass is 484 g/mol. The number of carbonyl (C=O) groups excluding carboxylic acids is 1. The first-order valence-electron chi connectivity index (χ1n) is 10.2. The van der Waals surface area contributed by atoms with Crippen LogP contribution >= 0.6 is 22.7 Å². The van der Waals surface area contributed by atoms with E-state index in [1.807, 2.05) is 42.5 Å². The Kier molecular flexibility index (Phi) is 5.76. The van der Waals surface area contributed by atoms with Crippen molar-refractivity contribution in [3.05, 3.63) is 71.9 Å². The predicted octanol–water partition coefficient (Wildman–Crippen LogP) is 4.14. The topological polar surface area (TPSA) is 83.5 Å². The summed E-state index contributed by atoms with van der Waals surface area (Å²) in [6, 6.07) is 15.8. The highest BCUT2D eigenvalue weighted by Crippen LogP contribution is 2.34. The molecule has 1 saturated heterocycles. The lowest BCUT2D eigenvalue weighted by molar-refractivity contribution is -0.121. The van der Waals surface area contributed by atoms with E-state index in [0.717, 1.165) is 10.2 Å². The first-order chi connectivity index (χ1) is 15.5. The molecule has 1 fully saturated rings. The second-order valence-electron chi connectivity index (χ2n) is 7.42. The molecule has 1 unspecified atom stereocenters. The maximum absolute atomic E-state index is 13.8. The third-order valence-electron chi connectivity index (χ3n) is 5.37. The predicted molar refractivity (Wildman–Crippen MR) is 126 cm³/mol. The van der Waals surface area contributed by atoms with Gasteiger partial charge < -0.3 is 0 Å². The highest BCUT2D eigenvalue weighted by Gasteiger charge is 2.42. The van der Waals surface area contributed by atoms with Crippen LogP contribution in [0.25, 0.3) is 10.2 Å². The minimum Gasteiger partial charge on any atom is -0.281 e. The number of anilines is 1. The van der Waals surface area contributed by atoms with E-state index in [2.05, 4.69) is 9.97 Å². The molecule has 3 aromatic heterocycles. The van der Waals surface area contributed by atoms with Gasteiger partial charge in [-0.15, -0.1) is 11.3 Å². The molecule has 1 amide bonds. The van der Waals surface area contributed by atoms with Gasteiger partial charge in [0.05, 0.1) is 22.5 Å². The van der Waals surface area contributed by atoms with Gasteiger partial charge in [-0.3, -0.25) is 14.7 Å². The Morgan fingerprint density at radius 1 is 1.12 bits per heavy atom. The van der Waals surface area contributed by atoms with Gasteiger partial charge in [0.15, 0.2) is 5.13 Å². The second-order valence-corrected chi connectivity index (χ2v) is 11.5. The van der Waals surface area contributed by atoms with Gasteiger partial charge in [0, 0.05) is 12.7 Å². The van der Waals surface area contributed by atoms with E-state index in [9.17, 15) is 13.2 Å². The third kappa shape index (κ3) is 3.95. The van der Waals surface area contributed by atoms with Crippen molar-refractivity contribution in [1.82, 2.24) is 14.3 Å². The third-order valence-corrected chi connectivity index (χ3v) is 9.71. The van der Waals surface area contributed by atoms with Gasteiger partial charge in [-0.1, -0.05) is 35.6 Å². The van der Waals surface area contributed by atoms with Crippen LogP contribution < -0.4 is 4.90 Å². The lowest BCUT2D eigenvalue weighted by Gasteiger charge is -2.28. The van der Waals surface area contributed by atoms with Gasteiger partial charge in [0.1, 0.15) is 10.3 Å². The Labute approximate surface area is 194 Å². The van der Waals surface area contributed by atoms with Gasteiger partial charge in [-0.2, -0.15) is 4.31 Å². The smallest absolute Gasteiger partial charge is 0.253 e. The fourth-order valence-corrected chi connectivity index (χ4v) is 7.59. The molecule has 164 valence electrons. The number of rotatable bonds is 6. The zero-order valence-corrected chi connectivity index (χ0v) is 19.4. The molecule has 1 aliphatic heterocycles. The number of hydrogen-bond donors (Lipinski definition) is 0. The molecule has 10 heteroatoms. The van der Waals surface area contributed by atoms with Gasteiger partial charge >= 0.3 is 0 Å². The van der Waals surface area contributed by atoms with Crippen molar-refractivity contribution in [1.29, 1.82) is 0 Å². The molecule has 1 aliphatic rings. The number of para-hydroxylation sites is 1. The van der Waals surface area contributed by atoms with Crippen molar-refractivity contribution >= 4 is 54.0 Å². The molecule has 4 heterocycles. The highest BCUT2D eigenvalue weighted by atomic mass is 32.2. The Hall–Kier alpha value is -2.66. The molecular formula is C22H20N4O3S3. The molecule has 4 aromatic rings. The van der Waals surface area contributed by atoms with Gasteiger partial charge in [0.2, 0.25) is 5.91 Å². The van der Waals surface area contributed by atoms with Gasteiger partial charge in [0.25, 0.3) is 10.0 Å². The van der Waals surface area contributed by atoms with Crippen molar-refractivity contribution in [3.63, 3.8) is 0 Å². The van der Waals surface area contributed by atoms with Crippen molar-refractivity contribution < 1.29 is 13.2 Å². The summed E-state index contributed by atoms with van der Waals surface area (Å²) >= 11 is 2.58. The number of amides is 1. The maximum atomic E-state index is 13.8. The Bertz CT molecular complexity index is 1300. The maximum Gasteiger partial charge on any atom is 0.253 e. The largest absolute Gasteiger partial charge is 0.281 e. The summed E-state index contributed by atoms with van der Waals surface area (Å²) in [6.07, 6.45) is 2.80. The second kappa shape index (κ2) is 8.70. The molecule has 1 aromatic carbocycles. The number of thiazole rings is 1. The van der Waals surface area contributed by atoms with Gasteiger partial charge in [-0.05, 0) is 48.6 Å². The lowest BCUT2D eigenvalue weighted by atomic mass is 10.2. The average Bonchev–Trinajstić information content (AvgIpc) is 3.57. The first kappa shape index (κ1) is 21.2. The molecule has 0 aliphatic carbocycles. The number of benzene rings is 1. The summed E-state index contributed by atoms with van der Waals surface area (Å²) in [5, 5.41) is 2.27. The molecule has 0 bridgehead atoms. The molecule has 1 atom stereocenters. The molecule has 0 saturated carbocycles. The van der Waals surface area contributed by atoms with Crippen LogP contribution in [0.4, 0.5) is 5.13 Å². The zero-order valence-electron chi connectivity index (χ0n) is 17.0. The zero-order chi connectivity index (χ0) is 22.1. The Balaban J connectivity index is 1.52. The van der Waals surface area contributed by atoms with Crippen LogP contribution in [0, 0.1) is 0 Å². The van der Waals surface area contributed by atoms with Crippen LogP contribution in [0.3, 0.4) is 0 Å². The van der Waals surface area contributed by atoms with Crippen molar-refractivity contribution in [2.75, 3.05) is 11.4 Å². The first-order valence-corrected chi connectivity index (χ1v) is 13.3. The average molecular weight is 485 g/mol. The highest BCUT2D eigenvalue weighted by molar-refractivity contribution is 7.91. The summed E-state index contributed by atoms with van der Waals surface area (Å²) in [5.41, 5.74) is 1.52. The number of thiophene rings is 1. The van der Waals surface area contributed by atoms with E-state index in [4.69, 9.17) is 0 Å². The summed E-state index contributed by atoms with van der Waals surface area (Å²) in [7, 11) is -3.73. The van der Waals surface area contributed by atoms with Crippen LogP contribution in [0.5, 0.6) is 0 Å². The number of nitrogens with zero attached hydrogens (tertiary/aromatic N) is 4. The van der Waals surface area contributed by atoms with Crippen molar-refractivity contribution in [2.24, 2.45) is 0 Å². The molecule has 0 radical (unpaired) electrons. The van der Waals surface area contributed by atoms with Crippen molar-refractivity contribution in [3.8, 4) is 0 Å². The van der Waals surface area contributed by atoms with Crippen LogP contribution in [-0.4, -0.2) is 41.2 Å². The molecule has 5 rings (SSSR count). The van der Waals surface area contributed by atoms with Crippen LogP contribution in [0.15, 0.2) is 70.4 Å². The van der Waals surface area contributed by atoms with E-state index in [1.54, 1.807) is 28.6 Å². The summed E-state index contributed by atoms with van der Waals surface area (Å²) in [5.74, 6) is -0.271.